The lowest BCUT2D eigenvalue weighted by atomic mass is 10.1. The first-order valence-corrected chi connectivity index (χ1v) is 9.42. The Morgan fingerprint density at radius 1 is 1.36 bits per heavy atom. The van der Waals surface area contributed by atoms with Gasteiger partial charge in [0.15, 0.2) is 6.19 Å². The molecule has 0 N–H and O–H groups in total. The van der Waals surface area contributed by atoms with Crippen LogP contribution < -0.4 is 4.74 Å². The molecule has 1 amide bonds. The van der Waals surface area contributed by atoms with Crippen LogP contribution in [0.15, 0.2) is 24.3 Å². The molecule has 2 aromatic rings. The van der Waals surface area contributed by atoms with E-state index in [1.165, 1.54) is 18.2 Å². The third kappa shape index (κ3) is 3.16. The molecule has 0 radical (unpaired) electrons. The van der Waals surface area contributed by atoms with Crippen LogP contribution in [-0.2, 0) is 6.54 Å². The molecule has 3 heterocycles. The maximum Gasteiger partial charge on any atom is 0.573 e. The van der Waals surface area contributed by atoms with Gasteiger partial charge in [-0.2, -0.15) is 5.26 Å². The van der Waals surface area contributed by atoms with Crippen molar-refractivity contribution < 1.29 is 22.7 Å². The molecule has 1 fully saturated rings. The van der Waals surface area contributed by atoms with Gasteiger partial charge in [-0.3, -0.25) is 4.79 Å². The molecule has 2 atom stereocenters. The predicted octanol–water partition coefficient (Wildman–Crippen LogP) is 3.61. The fourth-order valence-electron chi connectivity index (χ4n) is 3.71. The molecule has 4 rings (SSSR count). The number of nitrogens with zero attached hydrogens (tertiary/aromatic N) is 4. The number of nitriles is 1. The molecule has 146 valence electrons. The number of ether oxygens (including phenoxy) is 1. The molecule has 2 aliphatic rings. The number of hydrogen-bond donors (Lipinski definition) is 0. The normalized spacial score (nSPS) is 21.8. The van der Waals surface area contributed by atoms with E-state index < -0.39 is 6.36 Å². The van der Waals surface area contributed by atoms with Gasteiger partial charge in [-0.15, -0.1) is 24.5 Å². The van der Waals surface area contributed by atoms with E-state index in [-0.39, 0.29) is 29.3 Å². The van der Waals surface area contributed by atoms with Crippen molar-refractivity contribution >= 4 is 17.2 Å². The van der Waals surface area contributed by atoms with Gasteiger partial charge in [-0.05, 0) is 25.5 Å². The number of benzene rings is 1. The molecule has 1 aromatic carbocycles. The lowest BCUT2D eigenvalue weighted by Crippen LogP contribution is -2.42. The molecule has 6 nitrogen and oxygen atoms in total. The summed E-state index contributed by atoms with van der Waals surface area (Å²) in [4.78, 5) is 21.1. The molecule has 0 unspecified atom stereocenters. The number of rotatable bonds is 3. The van der Waals surface area contributed by atoms with Crippen molar-refractivity contribution in [2.75, 3.05) is 6.54 Å². The molecule has 1 aromatic heterocycles. The number of aromatic nitrogens is 1. The number of carbonyl (C=O) groups excluding carboxylic acids is 1. The first-order valence-electron chi connectivity index (χ1n) is 8.60. The molecule has 0 saturated carbocycles. The Morgan fingerprint density at radius 3 is 2.75 bits per heavy atom. The minimum Gasteiger partial charge on any atom is -0.405 e. The lowest BCUT2D eigenvalue weighted by molar-refractivity contribution is -0.274. The fourth-order valence-corrected chi connectivity index (χ4v) is 4.77. The minimum absolute atomic E-state index is 0.0802. The molecule has 10 heteroatoms. The van der Waals surface area contributed by atoms with Gasteiger partial charge in [-0.25, -0.2) is 4.98 Å². The van der Waals surface area contributed by atoms with Crippen LogP contribution in [-0.4, -0.2) is 45.7 Å². The number of fused-ring (bicyclic) bond motifs is 1. The lowest BCUT2D eigenvalue weighted by Gasteiger charge is -2.28. The topological polar surface area (TPSA) is 69.5 Å². The van der Waals surface area contributed by atoms with E-state index >= 15 is 0 Å². The van der Waals surface area contributed by atoms with E-state index in [1.54, 1.807) is 15.9 Å². The Balaban J connectivity index is 1.60. The number of amides is 1. The summed E-state index contributed by atoms with van der Waals surface area (Å²) in [7, 11) is 0. The summed E-state index contributed by atoms with van der Waals surface area (Å²) >= 11 is 1.07. The summed E-state index contributed by atoms with van der Waals surface area (Å²) in [5.41, 5.74) is 0.748. The van der Waals surface area contributed by atoms with Crippen LogP contribution >= 0.6 is 11.3 Å². The van der Waals surface area contributed by atoms with E-state index in [0.717, 1.165) is 11.3 Å². The van der Waals surface area contributed by atoms with Crippen molar-refractivity contribution in [3.63, 3.8) is 0 Å². The Morgan fingerprint density at radius 2 is 2.11 bits per heavy atom. The second-order valence-corrected chi connectivity index (χ2v) is 7.66. The van der Waals surface area contributed by atoms with Gasteiger partial charge in [0, 0.05) is 6.54 Å². The SMILES string of the molecule is C[C@@H]1[C@H](N2Cc3nc(-c4ccccc4OC(F)(F)F)sc3C2=O)CCN1C#N. The molecular formula is C18H15F3N4O2S. The number of para-hydroxylation sites is 1. The number of carbonyl (C=O) groups is 1. The van der Waals surface area contributed by atoms with Gasteiger partial charge < -0.3 is 14.5 Å². The summed E-state index contributed by atoms with van der Waals surface area (Å²) in [6.07, 6.45) is -1.98. The summed E-state index contributed by atoms with van der Waals surface area (Å²) in [5, 5.41) is 9.45. The predicted molar refractivity (Wildman–Crippen MR) is 94.3 cm³/mol. The van der Waals surface area contributed by atoms with E-state index in [1.807, 2.05) is 6.92 Å². The quantitative estimate of drug-likeness (QED) is 0.726. The summed E-state index contributed by atoms with van der Waals surface area (Å²) in [6, 6.07) is 5.58. The first-order chi connectivity index (χ1) is 13.3. The van der Waals surface area contributed by atoms with Gasteiger partial charge >= 0.3 is 6.36 Å². The van der Waals surface area contributed by atoms with Crippen LogP contribution in [0.3, 0.4) is 0 Å². The molecule has 0 aliphatic carbocycles. The zero-order chi connectivity index (χ0) is 20.1. The highest BCUT2D eigenvalue weighted by Gasteiger charge is 2.42. The van der Waals surface area contributed by atoms with Crippen molar-refractivity contribution in [2.45, 2.75) is 38.3 Å². The van der Waals surface area contributed by atoms with E-state index in [0.29, 0.717) is 35.1 Å². The van der Waals surface area contributed by atoms with Crippen LogP contribution in [0.2, 0.25) is 0 Å². The van der Waals surface area contributed by atoms with Crippen LogP contribution in [0.5, 0.6) is 5.75 Å². The van der Waals surface area contributed by atoms with Gasteiger partial charge in [0.25, 0.3) is 5.91 Å². The van der Waals surface area contributed by atoms with E-state index in [4.69, 9.17) is 5.26 Å². The van der Waals surface area contributed by atoms with E-state index in [9.17, 15) is 18.0 Å². The largest absolute Gasteiger partial charge is 0.573 e. The Labute approximate surface area is 162 Å². The second-order valence-electron chi connectivity index (χ2n) is 6.66. The highest BCUT2D eigenvalue weighted by Crippen LogP contribution is 2.40. The average molecular weight is 408 g/mol. The molecular weight excluding hydrogens is 393 g/mol. The first kappa shape index (κ1) is 18.6. The minimum atomic E-state index is -4.81. The van der Waals surface area contributed by atoms with Crippen LogP contribution in [0.1, 0.15) is 28.7 Å². The van der Waals surface area contributed by atoms with Crippen LogP contribution in [0.25, 0.3) is 10.6 Å². The Kier molecular flexibility index (Phi) is 4.42. The number of likely N-dealkylation sites (tertiary alicyclic amines) is 1. The Hall–Kier alpha value is -2.80. The van der Waals surface area contributed by atoms with E-state index in [2.05, 4.69) is 15.9 Å². The van der Waals surface area contributed by atoms with Crippen molar-refractivity contribution in [2.24, 2.45) is 0 Å². The van der Waals surface area contributed by atoms with Gasteiger partial charge in [0.1, 0.15) is 15.6 Å². The summed E-state index contributed by atoms with van der Waals surface area (Å²) in [5.74, 6) is -0.537. The standard InChI is InChI=1S/C18H15F3N4O2S/c1-10-13(6-7-24(10)9-22)25-8-12-15(17(25)26)28-16(23-12)11-4-2-3-5-14(11)27-18(19,20)21/h2-5,10,13H,6-8H2,1H3/t10-,13-/m1/s1. The van der Waals surface area contributed by atoms with Gasteiger partial charge in [-0.1, -0.05) is 12.1 Å². The van der Waals surface area contributed by atoms with Crippen LogP contribution in [0, 0.1) is 11.5 Å². The average Bonchev–Trinajstić information content (AvgIpc) is 3.28. The fraction of sp³-hybridized carbons (Fsp3) is 0.389. The van der Waals surface area contributed by atoms with Crippen molar-refractivity contribution in [1.29, 1.82) is 5.26 Å². The maximum atomic E-state index is 12.9. The number of thiazole rings is 1. The monoisotopic (exact) mass is 408 g/mol. The van der Waals surface area contributed by atoms with Gasteiger partial charge in [0.2, 0.25) is 0 Å². The highest BCUT2D eigenvalue weighted by molar-refractivity contribution is 7.17. The molecule has 0 spiro atoms. The molecule has 2 aliphatic heterocycles. The molecule has 0 bridgehead atoms. The molecule has 1 saturated heterocycles. The van der Waals surface area contributed by atoms with Crippen molar-refractivity contribution in [3.8, 4) is 22.5 Å². The number of halogens is 3. The zero-order valence-corrected chi connectivity index (χ0v) is 15.5. The summed E-state index contributed by atoms with van der Waals surface area (Å²) < 4.78 is 42.1. The second kappa shape index (κ2) is 6.67. The highest BCUT2D eigenvalue weighted by atomic mass is 32.1. The number of alkyl halides is 3. The zero-order valence-electron chi connectivity index (χ0n) is 14.7. The van der Waals surface area contributed by atoms with Crippen molar-refractivity contribution in [1.82, 2.24) is 14.8 Å². The van der Waals surface area contributed by atoms with Crippen LogP contribution in [0.4, 0.5) is 13.2 Å². The summed E-state index contributed by atoms with van der Waals surface area (Å²) in [6.45, 7) is 2.80. The van der Waals surface area contributed by atoms with Gasteiger partial charge in [0.05, 0.1) is 29.9 Å². The third-order valence-electron chi connectivity index (χ3n) is 5.06. The van der Waals surface area contributed by atoms with Crippen molar-refractivity contribution in [3.05, 3.63) is 34.8 Å². The number of hydrogen-bond acceptors (Lipinski definition) is 6. The Bertz CT molecular complexity index is 968. The third-order valence-corrected chi connectivity index (χ3v) is 6.18. The maximum absolute atomic E-state index is 12.9. The smallest absolute Gasteiger partial charge is 0.405 e. The molecule has 28 heavy (non-hydrogen) atoms.